The maximum absolute atomic E-state index is 12.2. The molecule has 0 aliphatic carbocycles. The fraction of sp³-hybridized carbons (Fsp3) is 0.250. The molecule has 0 unspecified atom stereocenters. The number of phenolic OH excluding ortho intramolecular Hbond substituents is 1. The molecular formula is C16H17NO4. The molecule has 0 saturated carbocycles. The number of aliphatic carboxylic acids is 1. The Balaban J connectivity index is 2.34. The van der Waals surface area contributed by atoms with Gasteiger partial charge >= 0.3 is 5.97 Å². The largest absolute Gasteiger partial charge is 0.507 e. The monoisotopic (exact) mass is 287 g/mol. The van der Waals surface area contributed by atoms with E-state index in [2.05, 4.69) is 5.32 Å². The first kappa shape index (κ1) is 14.8. The van der Waals surface area contributed by atoms with Crippen molar-refractivity contribution >= 4 is 22.6 Å². The summed E-state index contributed by atoms with van der Waals surface area (Å²) in [5.41, 5.74) is 0.0700. The Kier molecular flexibility index (Phi) is 4.12. The van der Waals surface area contributed by atoms with Crippen molar-refractivity contribution in [3.63, 3.8) is 0 Å². The third kappa shape index (κ3) is 3.13. The lowest BCUT2D eigenvalue weighted by Gasteiger charge is -2.18. The first-order chi connectivity index (χ1) is 9.90. The number of amides is 1. The summed E-state index contributed by atoms with van der Waals surface area (Å²) in [6, 6.07) is 9.36. The number of carboxylic acid groups (broad SMARTS) is 1. The Labute approximate surface area is 122 Å². The quantitative estimate of drug-likeness (QED) is 0.805. The summed E-state index contributed by atoms with van der Waals surface area (Å²) in [5.74, 6) is -2.12. The summed E-state index contributed by atoms with van der Waals surface area (Å²) in [7, 11) is 0. The predicted octanol–water partition coefficient (Wildman–Crippen LogP) is 2.38. The summed E-state index contributed by atoms with van der Waals surface area (Å²) in [5, 5.41) is 23.1. The van der Waals surface area contributed by atoms with E-state index in [0.717, 1.165) is 10.8 Å². The molecule has 0 aromatic heterocycles. The van der Waals surface area contributed by atoms with Crippen LogP contribution in [0.3, 0.4) is 0 Å². The van der Waals surface area contributed by atoms with E-state index in [0.29, 0.717) is 0 Å². The molecule has 3 N–H and O–H groups in total. The number of benzene rings is 2. The molecular weight excluding hydrogens is 270 g/mol. The minimum atomic E-state index is -1.10. The lowest BCUT2D eigenvalue weighted by molar-refractivity contribution is -0.140. The summed E-state index contributed by atoms with van der Waals surface area (Å²) in [6.07, 6.45) is 0. The summed E-state index contributed by atoms with van der Waals surface area (Å²) < 4.78 is 0. The zero-order valence-electron chi connectivity index (χ0n) is 11.8. The van der Waals surface area contributed by atoms with Crippen LogP contribution in [0.25, 0.3) is 10.8 Å². The van der Waals surface area contributed by atoms with Gasteiger partial charge in [0.25, 0.3) is 5.91 Å². The van der Waals surface area contributed by atoms with Crippen molar-refractivity contribution in [2.75, 3.05) is 0 Å². The van der Waals surface area contributed by atoms with E-state index in [1.165, 1.54) is 6.07 Å². The second-order valence-corrected chi connectivity index (χ2v) is 5.25. The van der Waals surface area contributed by atoms with E-state index in [9.17, 15) is 14.7 Å². The van der Waals surface area contributed by atoms with Crippen LogP contribution < -0.4 is 5.32 Å². The van der Waals surface area contributed by atoms with Gasteiger partial charge in [-0.2, -0.15) is 0 Å². The minimum Gasteiger partial charge on any atom is -0.507 e. The Bertz CT molecular complexity index is 694. The molecule has 0 radical (unpaired) electrons. The number of carbonyl (C=O) groups is 2. The molecule has 110 valence electrons. The molecule has 2 aromatic carbocycles. The van der Waals surface area contributed by atoms with Crippen molar-refractivity contribution < 1.29 is 19.8 Å². The van der Waals surface area contributed by atoms with Crippen molar-refractivity contribution in [1.82, 2.24) is 5.32 Å². The Morgan fingerprint density at radius 1 is 1.10 bits per heavy atom. The van der Waals surface area contributed by atoms with Crippen LogP contribution in [0.2, 0.25) is 0 Å². The molecule has 5 heteroatoms. The number of hydrogen-bond acceptors (Lipinski definition) is 3. The van der Waals surface area contributed by atoms with Crippen LogP contribution in [0.1, 0.15) is 24.2 Å². The van der Waals surface area contributed by atoms with Gasteiger partial charge in [0.1, 0.15) is 11.8 Å². The number of carboxylic acids is 1. The predicted molar refractivity (Wildman–Crippen MR) is 79.3 cm³/mol. The molecule has 0 bridgehead atoms. The number of aromatic hydroxyl groups is 1. The maximum Gasteiger partial charge on any atom is 0.326 e. The second kappa shape index (κ2) is 5.83. The van der Waals surface area contributed by atoms with Gasteiger partial charge in [-0.15, -0.1) is 0 Å². The lowest BCUT2D eigenvalue weighted by atomic mass is 10.0. The number of hydrogen-bond donors (Lipinski definition) is 3. The van der Waals surface area contributed by atoms with Gasteiger partial charge in [-0.3, -0.25) is 4.79 Å². The fourth-order valence-corrected chi connectivity index (χ4v) is 2.14. The van der Waals surface area contributed by atoms with Gasteiger partial charge in [0.2, 0.25) is 0 Å². The molecule has 1 amide bonds. The highest BCUT2D eigenvalue weighted by atomic mass is 16.4. The topological polar surface area (TPSA) is 86.6 Å². The highest BCUT2D eigenvalue weighted by molar-refractivity contribution is 6.02. The normalized spacial score (nSPS) is 12.3. The molecule has 2 rings (SSSR count). The van der Waals surface area contributed by atoms with Gasteiger partial charge in [-0.05, 0) is 28.8 Å². The highest BCUT2D eigenvalue weighted by Gasteiger charge is 2.25. The van der Waals surface area contributed by atoms with Crippen molar-refractivity contribution in [3.05, 3.63) is 42.0 Å². The average molecular weight is 287 g/mol. The van der Waals surface area contributed by atoms with Crippen molar-refractivity contribution in [1.29, 1.82) is 0 Å². The van der Waals surface area contributed by atoms with Gasteiger partial charge in [-0.1, -0.05) is 38.1 Å². The smallest absolute Gasteiger partial charge is 0.326 e. The molecule has 1 atom stereocenters. The third-order valence-corrected chi connectivity index (χ3v) is 3.33. The second-order valence-electron chi connectivity index (χ2n) is 5.25. The SMILES string of the molecule is CC(C)[C@@H](NC(=O)c1cc2ccccc2cc1O)C(=O)O. The molecule has 0 aliphatic rings. The Morgan fingerprint density at radius 2 is 1.67 bits per heavy atom. The first-order valence-corrected chi connectivity index (χ1v) is 6.65. The molecule has 0 spiro atoms. The molecule has 0 aliphatic heterocycles. The summed E-state index contributed by atoms with van der Waals surface area (Å²) in [4.78, 5) is 23.3. The van der Waals surface area contributed by atoms with Crippen LogP contribution in [0, 0.1) is 5.92 Å². The van der Waals surface area contributed by atoms with Crippen molar-refractivity contribution in [2.24, 2.45) is 5.92 Å². The van der Waals surface area contributed by atoms with Gasteiger partial charge in [0, 0.05) is 0 Å². The number of nitrogens with one attached hydrogen (secondary N) is 1. The van der Waals surface area contributed by atoms with Crippen LogP contribution in [0.5, 0.6) is 5.75 Å². The molecule has 2 aromatic rings. The summed E-state index contributed by atoms with van der Waals surface area (Å²) in [6.45, 7) is 3.42. The molecule has 0 heterocycles. The van der Waals surface area contributed by atoms with E-state index in [-0.39, 0.29) is 17.2 Å². The third-order valence-electron chi connectivity index (χ3n) is 3.33. The van der Waals surface area contributed by atoms with Crippen LogP contribution in [-0.2, 0) is 4.79 Å². The van der Waals surface area contributed by atoms with E-state index in [4.69, 9.17) is 5.11 Å². The fourth-order valence-electron chi connectivity index (χ4n) is 2.14. The zero-order chi connectivity index (χ0) is 15.6. The van der Waals surface area contributed by atoms with E-state index >= 15 is 0 Å². The van der Waals surface area contributed by atoms with Crippen molar-refractivity contribution in [2.45, 2.75) is 19.9 Å². The standard InChI is InChI=1S/C16H17NO4/c1-9(2)14(16(20)21)17-15(19)12-7-10-5-3-4-6-11(10)8-13(12)18/h3-9,14,18H,1-2H3,(H,17,19)(H,20,21)/t14-/m1/s1. The maximum atomic E-state index is 12.2. The van der Waals surface area contributed by atoms with Crippen LogP contribution >= 0.6 is 0 Å². The Morgan fingerprint density at radius 3 is 2.19 bits per heavy atom. The van der Waals surface area contributed by atoms with Crippen LogP contribution in [0.4, 0.5) is 0 Å². The zero-order valence-corrected chi connectivity index (χ0v) is 11.8. The molecule has 0 fully saturated rings. The average Bonchev–Trinajstić information content (AvgIpc) is 2.43. The number of rotatable bonds is 4. The van der Waals surface area contributed by atoms with Gasteiger partial charge in [0.05, 0.1) is 5.56 Å². The van der Waals surface area contributed by atoms with E-state index < -0.39 is 17.9 Å². The van der Waals surface area contributed by atoms with Gasteiger partial charge in [0.15, 0.2) is 0 Å². The molecule has 21 heavy (non-hydrogen) atoms. The summed E-state index contributed by atoms with van der Waals surface area (Å²) >= 11 is 0. The first-order valence-electron chi connectivity index (χ1n) is 6.65. The van der Waals surface area contributed by atoms with Gasteiger partial charge < -0.3 is 15.5 Å². The van der Waals surface area contributed by atoms with Crippen LogP contribution in [-0.4, -0.2) is 28.1 Å². The number of phenols is 1. The molecule has 5 nitrogen and oxygen atoms in total. The van der Waals surface area contributed by atoms with Crippen molar-refractivity contribution in [3.8, 4) is 5.75 Å². The number of carbonyl (C=O) groups excluding carboxylic acids is 1. The highest BCUT2D eigenvalue weighted by Crippen LogP contribution is 2.25. The van der Waals surface area contributed by atoms with Crippen LogP contribution in [0.15, 0.2) is 36.4 Å². The van der Waals surface area contributed by atoms with E-state index in [1.807, 2.05) is 24.3 Å². The lowest BCUT2D eigenvalue weighted by Crippen LogP contribution is -2.44. The number of fused-ring (bicyclic) bond motifs is 1. The molecule has 0 saturated heterocycles. The minimum absolute atomic E-state index is 0.0700. The van der Waals surface area contributed by atoms with E-state index in [1.54, 1.807) is 19.9 Å². The Hall–Kier alpha value is -2.56. The van der Waals surface area contributed by atoms with Gasteiger partial charge in [-0.25, -0.2) is 4.79 Å².